The molecule has 0 unspecified atom stereocenters. The molecule has 0 atom stereocenters. The van der Waals surface area contributed by atoms with Crippen molar-refractivity contribution in [3.63, 3.8) is 0 Å². The second kappa shape index (κ2) is 10.5. The summed E-state index contributed by atoms with van der Waals surface area (Å²) in [5.74, 6) is 1.05. The summed E-state index contributed by atoms with van der Waals surface area (Å²) < 4.78 is 5.46. The Labute approximate surface area is 201 Å². The van der Waals surface area contributed by atoms with Gasteiger partial charge in [0.2, 0.25) is 5.95 Å². The standard InChI is InChI=1S/C22H24Cl2N6O3/c1-14-21-17(26-22(25-14)30-8-6-29(7-9-30)10-11-31)3-5-19(28-21)27-20(32)13-33-18-4-2-15(23)12-16(18)24/h2-5,12,31H,6-11,13H2,1H3,(H,27,28,32). The lowest BCUT2D eigenvalue weighted by Crippen LogP contribution is -2.47. The van der Waals surface area contributed by atoms with Crippen molar-refractivity contribution in [3.8, 4) is 5.75 Å². The highest BCUT2D eigenvalue weighted by Crippen LogP contribution is 2.27. The molecule has 0 spiro atoms. The number of halogens is 2. The maximum absolute atomic E-state index is 12.3. The fourth-order valence-corrected chi connectivity index (χ4v) is 4.05. The van der Waals surface area contributed by atoms with Crippen molar-refractivity contribution in [1.29, 1.82) is 0 Å². The lowest BCUT2D eigenvalue weighted by atomic mass is 10.3. The van der Waals surface area contributed by atoms with E-state index in [1.165, 1.54) is 0 Å². The Bertz CT molecular complexity index is 1150. The summed E-state index contributed by atoms with van der Waals surface area (Å²) in [6.07, 6.45) is 0. The normalized spacial score (nSPS) is 14.5. The fourth-order valence-electron chi connectivity index (χ4n) is 3.58. The van der Waals surface area contributed by atoms with Gasteiger partial charge in [-0.2, -0.15) is 0 Å². The Morgan fingerprint density at radius 3 is 2.64 bits per heavy atom. The molecule has 3 heterocycles. The van der Waals surface area contributed by atoms with Crippen molar-refractivity contribution in [1.82, 2.24) is 19.9 Å². The molecule has 174 valence electrons. The fraction of sp³-hybridized carbons (Fsp3) is 0.364. The second-order valence-corrected chi connectivity index (χ2v) is 8.48. The van der Waals surface area contributed by atoms with Gasteiger partial charge in [0.1, 0.15) is 17.1 Å². The first-order chi connectivity index (χ1) is 15.9. The van der Waals surface area contributed by atoms with Gasteiger partial charge in [0.05, 0.1) is 22.8 Å². The highest BCUT2D eigenvalue weighted by Gasteiger charge is 2.20. The van der Waals surface area contributed by atoms with Gasteiger partial charge < -0.3 is 20.1 Å². The zero-order valence-electron chi connectivity index (χ0n) is 18.1. The molecule has 0 saturated carbocycles. The summed E-state index contributed by atoms with van der Waals surface area (Å²) >= 11 is 11.9. The molecule has 1 fully saturated rings. The third-order valence-corrected chi connectivity index (χ3v) is 5.83. The number of aliphatic hydroxyl groups is 1. The molecule has 1 aromatic carbocycles. The van der Waals surface area contributed by atoms with Crippen molar-refractivity contribution < 1.29 is 14.6 Å². The smallest absolute Gasteiger partial charge is 0.263 e. The number of anilines is 2. The number of carbonyl (C=O) groups excluding carboxylic acids is 1. The number of piperazine rings is 1. The number of nitrogens with zero attached hydrogens (tertiary/aromatic N) is 5. The maximum Gasteiger partial charge on any atom is 0.263 e. The molecule has 0 bridgehead atoms. The number of pyridine rings is 1. The lowest BCUT2D eigenvalue weighted by Gasteiger charge is -2.34. The van der Waals surface area contributed by atoms with E-state index < -0.39 is 0 Å². The number of benzene rings is 1. The van der Waals surface area contributed by atoms with Crippen molar-refractivity contribution in [2.45, 2.75) is 6.92 Å². The average Bonchev–Trinajstić information content (AvgIpc) is 2.79. The number of amides is 1. The molecule has 1 aliphatic rings. The zero-order valence-corrected chi connectivity index (χ0v) is 19.6. The molecule has 3 aromatic rings. The largest absolute Gasteiger partial charge is 0.482 e. The van der Waals surface area contributed by atoms with Gasteiger partial charge in [-0.3, -0.25) is 9.69 Å². The van der Waals surface area contributed by atoms with Crippen LogP contribution in [0.5, 0.6) is 5.75 Å². The van der Waals surface area contributed by atoms with Crippen LogP contribution in [0.1, 0.15) is 5.69 Å². The first kappa shape index (κ1) is 23.4. The summed E-state index contributed by atoms with van der Waals surface area (Å²) in [4.78, 5) is 30.5. The van der Waals surface area contributed by atoms with Gasteiger partial charge in [-0.15, -0.1) is 0 Å². The van der Waals surface area contributed by atoms with E-state index in [0.717, 1.165) is 31.9 Å². The minimum Gasteiger partial charge on any atom is -0.482 e. The molecule has 0 aliphatic carbocycles. The van der Waals surface area contributed by atoms with E-state index in [4.69, 9.17) is 33.0 Å². The summed E-state index contributed by atoms with van der Waals surface area (Å²) in [6.45, 7) is 5.80. The van der Waals surface area contributed by atoms with Crippen molar-refractivity contribution in [2.24, 2.45) is 0 Å². The van der Waals surface area contributed by atoms with Gasteiger partial charge in [-0.05, 0) is 37.3 Å². The summed E-state index contributed by atoms with van der Waals surface area (Å²) in [5.41, 5.74) is 2.06. The SMILES string of the molecule is Cc1nc(N2CCN(CCO)CC2)nc2ccc(NC(=O)COc3ccc(Cl)cc3Cl)nc12. The topological polar surface area (TPSA) is 104 Å². The number of fused-ring (bicyclic) bond motifs is 1. The van der Waals surface area contributed by atoms with E-state index in [0.29, 0.717) is 45.1 Å². The molecular formula is C22H24Cl2N6O3. The molecule has 33 heavy (non-hydrogen) atoms. The number of hydrogen-bond donors (Lipinski definition) is 2. The number of ether oxygens (including phenoxy) is 1. The van der Waals surface area contributed by atoms with Gasteiger partial charge in [0.15, 0.2) is 6.61 Å². The minimum atomic E-state index is -0.371. The summed E-state index contributed by atoms with van der Waals surface area (Å²) in [5, 5.41) is 12.6. The van der Waals surface area contributed by atoms with Crippen molar-refractivity contribution in [3.05, 3.63) is 46.1 Å². The molecule has 2 N–H and O–H groups in total. The van der Waals surface area contributed by atoms with Crippen LogP contribution in [0.2, 0.25) is 10.0 Å². The molecule has 1 aliphatic heterocycles. The van der Waals surface area contributed by atoms with Crippen LogP contribution in [0.15, 0.2) is 30.3 Å². The number of aromatic nitrogens is 3. The Balaban J connectivity index is 1.41. The number of hydrogen-bond acceptors (Lipinski definition) is 8. The van der Waals surface area contributed by atoms with Gasteiger partial charge in [0, 0.05) is 37.7 Å². The second-order valence-electron chi connectivity index (χ2n) is 7.64. The van der Waals surface area contributed by atoms with Crippen LogP contribution >= 0.6 is 23.2 Å². The predicted octanol–water partition coefficient (Wildman–Crippen LogP) is 2.77. The van der Waals surface area contributed by atoms with Gasteiger partial charge >= 0.3 is 0 Å². The van der Waals surface area contributed by atoms with E-state index in [9.17, 15) is 4.79 Å². The molecule has 11 heteroatoms. The quantitative estimate of drug-likeness (QED) is 0.520. The molecule has 4 rings (SSSR count). The maximum atomic E-state index is 12.3. The number of aliphatic hydroxyl groups excluding tert-OH is 1. The molecule has 1 saturated heterocycles. The molecular weight excluding hydrogens is 467 g/mol. The zero-order chi connectivity index (χ0) is 23.4. The third-order valence-electron chi connectivity index (χ3n) is 5.30. The summed E-state index contributed by atoms with van der Waals surface area (Å²) in [7, 11) is 0. The van der Waals surface area contributed by atoms with Crippen LogP contribution in [0.25, 0.3) is 11.0 Å². The van der Waals surface area contributed by atoms with Crippen LogP contribution in [-0.4, -0.2) is 76.8 Å². The highest BCUT2D eigenvalue weighted by molar-refractivity contribution is 6.35. The number of rotatable bonds is 7. The van der Waals surface area contributed by atoms with Crippen LogP contribution in [-0.2, 0) is 4.79 Å². The number of aryl methyl sites for hydroxylation is 1. The van der Waals surface area contributed by atoms with E-state index in [2.05, 4.69) is 30.1 Å². The van der Waals surface area contributed by atoms with Crippen LogP contribution < -0.4 is 15.0 Å². The molecule has 9 nitrogen and oxygen atoms in total. The monoisotopic (exact) mass is 490 g/mol. The Hall–Kier alpha value is -2.72. The number of β-amino-alcohol motifs (C(OH)–C–C–N with tert-alkyl or cyclic N) is 1. The molecule has 2 aromatic heterocycles. The third kappa shape index (κ3) is 5.80. The summed E-state index contributed by atoms with van der Waals surface area (Å²) in [6, 6.07) is 8.31. The van der Waals surface area contributed by atoms with Gasteiger partial charge in [-0.1, -0.05) is 23.2 Å². The lowest BCUT2D eigenvalue weighted by molar-refractivity contribution is -0.118. The van der Waals surface area contributed by atoms with Crippen LogP contribution in [0, 0.1) is 6.92 Å². The number of carbonyl (C=O) groups is 1. The Morgan fingerprint density at radius 1 is 1.12 bits per heavy atom. The van der Waals surface area contributed by atoms with E-state index in [1.807, 2.05) is 13.0 Å². The van der Waals surface area contributed by atoms with Gasteiger partial charge in [0.25, 0.3) is 5.91 Å². The van der Waals surface area contributed by atoms with E-state index in [1.54, 1.807) is 24.3 Å². The average molecular weight is 491 g/mol. The van der Waals surface area contributed by atoms with E-state index in [-0.39, 0.29) is 19.1 Å². The first-order valence-electron chi connectivity index (χ1n) is 10.5. The molecule has 0 radical (unpaired) electrons. The Kier molecular flexibility index (Phi) is 7.44. The molecule has 1 amide bonds. The van der Waals surface area contributed by atoms with Crippen molar-refractivity contribution >= 4 is 51.9 Å². The van der Waals surface area contributed by atoms with E-state index >= 15 is 0 Å². The van der Waals surface area contributed by atoms with Gasteiger partial charge in [-0.25, -0.2) is 15.0 Å². The highest BCUT2D eigenvalue weighted by atomic mass is 35.5. The van der Waals surface area contributed by atoms with Crippen LogP contribution in [0.3, 0.4) is 0 Å². The minimum absolute atomic E-state index is 0.164. The Morgan fingerprint density at radius 2 is 1.91 bits per heavy atom. The number of nitrogens with one attached hydrogen (secondary N) is 1. The first-order valence-corrected chi connectivity index (χ1v) is 11.3. The predicted molar refractivity (Wildman–Crippen MR) is 128 cm³/mol. The van der Waals surface area contributed by atoms with Crippen LogP contribution in [0.4, 0.5) is 11.8 Å². The van der Waals surface area contributed by atoms with Crippen molar-refractivity contribution in [2.75, 3.05) is 56.2 Å².